The van der Waals surface area contributed by atoms with Gasteiger partial charge in [0.2, 0.25) is 0 Å². The van der Waals surface area contributed by atoms with Gasteiger partial charge in [0, 0.05) is 25.8 Å². The van der Waals surface area contributed by atoms with Crippen molar-refractivity contribution in [3.63, 3.8) is 0 Å². The lowest BCUT2D eigenvalue weighted by atomic mass is 9.65. The Hall–Kier alpha value is -4.72. The Morgan fingerprint density at radius 2 is 0.793 bits per heavy atom. The van der Waals surface area contributed by atoms with Crippen molar-refractivity contribution >= 4 is 21.4 Å². The number of hydrogen-bond donors (Lipinski definition) is 0. The van der Waals surface area contributed by atoms with Crippen molar-refractivity contribution in [3.05, 3.63) is 154 Å². The SMILES string of the molecule is Cc1ccccc1-c1ccc2c(c1)C1(CCCCC1)c1cc3c(cc1-2)C1(CCCCC1)c1cc2c(cc1-3)C1(CCCCC1)c1cc(-c3cc4ccccc4s3)ccc1-2. The number of thiophene rings is 1. The van der Waals surface area contributed by atoms with Gasteiger partial charge in [0.1, 0.15) is 0 Å². The molecule has 286 valence electrons. The Morgan fingerprint density at radius 3 is 1.31 bits per heavy atom. The molecule has 13 rings (SSSR count). The molecular weight excluding hydrogens is 717 g/mol. The first kappa shape index (κ1) is 34.2. The Balaban J connectivity index is 1.01. The molecule has 0 atom stereocenters. The Morgan fingerprint density at radius 1 is 0.362 bits per heavy atom. The zero-order valence-electron chi connectivity index (χ0n) is 34.0. The first-order chi connectivity index (χ1) is 28.6. The van der Waals surface area contributed by atoms with Gasteiger partial charge in [-0.3, -0.25) is 0 Å². The zero-order chi connectivity index (χ0) is 38.2. The van der Waals surface area contributed by atoms with Gasteiger partial charge >= 0.3 is 0 Å². The van der Waals surface area contributed by atoms with Gasteiger partial charge in [-0.25, -0.2) is 0 Å². The van der Waals surface area contributed by atoms with Crippen LogP contribution < -0.4 is 0 Å². The molecule has 0 amide bonds. The molecule has 0 saturated heterocycles. The standard InChI is InChI=1S/C57H52S/c1-36-15-5-7-17-40(36)37-19-21-41-43-32-51-45(34-49(43)55(47(41)29-37)23-9-2-10-24-55)46-35-50-44(33-52(46)57(51)27-13-4-14-28-57)42-22-20-39(30-48(42)56(50)25-11-3-12-26-56)54-31-38-16-6-8-18-53(38)58-54/h5-8,15-22,29-35H,2-4,9-14,23-28H2,1H3. The lowest BCUT2D eigenvalue weighted by Gasteiger charge is -2.38. The summed E-state index contributed by atoms with van der Waals surface area (Å²) in [5.41, 5.74) is 25.0. The van der Waals surface area contributed by atoms with E-state index in [2.05, 4.69) is 122 Å². The number of aryl methyl sites for hydroxylation is 1. The van der Waals surface area contributed by atoms with Crippen LogP contribution in [0.4, 0.5) is 0 Å². The highest BCUT2D eigenvalue weighted by atomic mass is 32.1. The second-order valence-corrected chi connectivity index (χ2v) is 20.4. The maximum absolute atomic E-state index is 2.80. The van der Waals surface area contributed by atoms with Crippen LogP contribution in [0.1, 0.15) is 135 Å². The van der Waals surface area contributed by atoms with Crippen LogP contribution in [0.5, 0.6) is 0 Å². The molecule has 0 bridgehead atoms. The molecule has 3 spiro atoms. The summed E-state index contributed by atoms with van der Waals surface area (Å²) in [6.07, 6.45) is 19.7. The Labute approximate surface area is 348 Å². The molecule has 6 aliphatic rings. The maximum Gasteiger partial charge on any atom is 0.0355 e. The lowest BCUT2D eigenvalue weighted by molar-refractivity contribution is 0.348. The summed E-state index contributed by atoms with van der Waals surface area (Å²) in [4.78, 5) is 1.40. The van der Waals surface area contributed by atoms with E-state index in [0.29, 0.717) is 0 Å². The molecule has 0 aliphatic heterocycles. The van der Waals surface area contributed by atoms with E-state index < -0.39 is 0 Å². The molecule has 6 aliphatic carbocycles. The van der Waals surface area contributed by atoms with E-state index in [-0.39, 0.29) is 16.2 Å². The smallest absolute Gasteiger partial charge is 0.0355 e. The minimum Gasteiger partial charge on any atom is -0.135 e. The third-order valence-corrected chi connectivity index (χ3v) is 17.8. The van der Waals surface area contributed by atoms with E-state index in [1.165, 1.54) is 145 Å². The van der Waals surface area contributed by atoms with E-state index >= 15 is 0 Å². The van der Waals surface area contributed by atoms with Crippen LogP contribution >= 0.6 is 11.3 Å². The van der Waals surface area contributed by atoms with Crippen molar-refractivity contribution in [2.24, 2.45) is 0 Å². The summed E-state index contributed by atoms with van der Waals surface area (Å²) in [6.45, 7) is 2.27. The van der Waals surface area contributed by atoms with Gasteiger partial charge in [0.15, 0.2) is 0 Å². The van der Waals surface area contributed by atoms with E-state index in [9.17, 15) is 0 Å². The Kier molecular flexibility index (Phi) is 7.31. The molecular formula is C57H52S. The molecule has 0 unspecified atom stereocenters. The fourth-order valence-electron chi connectivity index (χ4n) is 13.9. The highest BCUT2D eigenvalue weighted by Crippen LogP contribution is 2.65. The largest absolute Gasteiger partial charge is 0.135 e. The molecule has 6 aromatic carbocycles. The average molecular weight is 769 g/mol. The van der Waals surface area contributed by atoms with Crippen molar-refractivity contribution in [3.8, 4) is 54.9 Å². The van der Waals surface area contributed by atoms with Gasteiger partial charge in [-0.05, 0) is 188 Å². The van der Waals surface area contributed by atoms with Crippen LogP contribution in [0.3, 0.4) is 0 Å². The molecule has 0 N–H and O–H groups in total. The second kappa shape index (κ2) is 12.4. The summed E-state index contributed by atoms with van der Waals surface area (Å²) in [5, 5.41) is 1.36. The Bertz CT molecular complexity index is 2810. The fourth-order valence-corrected chi connectivity index (χ4v) is 14.9. The predicted octanol–water partition coefficient (Wildman–Crippen LogP) is 16.2. The van der Waals surface area contributed by atoms with Crippen LogP contribution in [0, 0.1) is 6.92 Å². The van der Waals surface area contributed by atoms with Crippen molar-refractivity contribution in [2.45, 2.75) is 119 Å². The average Bonchev–Trinajstić information content (AvgIpc) is 3.97. The van der Waals surface area contributed by atoms with E-state index in [1.807, 2.05) is 11.3 Å². The van der Waals surface area contributed by atoms with Crippen LogP contribution in [0.25, 0.3) is 65.0 Å². The van der Waals surface area contributed by atoms with Crippen LogP contribution in [0.15, 0.2) is 115 Å². The quantitative estimate of drug-likeness (QED) is 0.164. The summed E-state index contributed by atoms with van der Waals surface area (Å²) in [7, 11) is 0. The van der Waals surface area contributed by atoms with Gasteiger partial charge < -0.3 is 0 Å². The van der Waals surface area contributed by atoms with Crippen LogP contribution in [-0.4, -0.2) is 0 Å². The fraction of sp³-hybridized carbons (Fsp3) is 0.333. The summed E-state index contributed by atoms with van der Waals surface area (Å²) in [5.74, 6) is 0. The summed E-state index contributed by atoms with van der Waals surface area (Å²) < 4.78 is 1.39. The summed E-state index contributed by atoms with van der Waals surface area (Å²) in [6, 6.07) is 46.7. The van der Waals surface area contributed by atoms with Gasteiger partial charge in [0.25, 0.3) is 0 Å². The van der Waals surface area contributed by atoms with Crippen molar-refractivity contribution in [1.29, 1.82) is 0 Å². The maximum atomic E-state index is 2.80. The topological polar surface area (TPSA) is 0 Å². The van der Waals surface area contributed by atoms with Crippen molar-refractivity contribution < 1.29 is 0 Å². The minimum atomic E-state index is 0.107. The number of fused-ring (bicyclic) bond motifs is 16. The zero-order valence-corrected chi connectivity index (χ0v) is 34.8. The minimum absolute atomic E-state index is 0.107. The van der Waals surface area contributed by atoms with Gasteiger partial charge in [0.05, 0.1) is 0 Å². The molecule has 1 aromatic heterocycles. The molecule has 7 aromatic rings. The predicted molar refractivity (Wildman–Crippen MR) is 245 cm³/mol. The van der Waals surface area contributed by atoms with Crippen LogP contribution in [-0.2, 0) is 16.2 Å². The van der Waals surface area contributed by atoms with Crippen molar-refractivity contribution in [2.75, 3.05) is 0 Å². The first-order valence-corrected chi connectivity index (χ1v) is 23.6. The molecule has 1 heterocycles. The number of hydrogen-bond acceptors (Lipinski definition) is 1. The van der Waals surface area contributed by atoms with Gasteiger partial charge in [-0.15, -0.1) is 11.3 Å². The normalized spacial score (nSPS) is 19.9. The lowest BCUT2D eigenvalue weighted by Crippen LogP contribution is -2.29. The van der Waals surface area contributed by atoms with E-state index in [1.54, 1.807) is 55.6 Å². The first-order valence-electron chi connectivity index (χ1n) is 22.8. The molecule has 1 heteroatoms. The third kappa shape index (κ3) is 4.52. The van der Waals surface area contributed by atoms with E-state index in [0.717, 1.165) is 0 Å². The van der Waals surface area contributed by atoms with Gasteiger partial charge in [-0.1, -0.05) is 125 Å². The highest BCUT2D eigenvalue weighted by Gasteiger charge is 2.51. The molecule has 3 saturated carbocycles. The number of rotatable bonds is 2. The van der Waals surface area contributed by atoms with E-state index in [4.69, 9.17) is 0 Å². The monoisotopic (exact) mass is 768 g/mol. The third-order valence-electron chi connectivity index (χ3n) is 16.6. The molecule has 3 fully saturated rings. The molecule has 0 radical (unpaired) electrons. The number of benzene rings is 6. The summed E-state index contributed by atoms with van der Waals surface area (Å²) >= 11 is 1.95. The van der Waals surface area contributed by atoms with Gasteiger partial charge in [-0.2, -0.15) is 0 Å². The molecule has 0 nitrogen and oxygen atoms in total. The van der Waals surface area contributed by atoms with Crippen LogP contribution in [0.2, 0.25) is 0 Å². The highest BCUT2D eigenvalue weighted by molar-refractivity contribution is 7.22. The molecule has 58 heavy (non-hydrogen) atoms. The second-order valence-electron chi connectivity index (χ2n) is 19.3. The van der Waals surface area contributed by atoms with Crippen molar-refractivity contribution in [1.82, 2.24) is 0 Å².